The van der Waals surface area contributed by atoms with Crippen LogP contribution in [0.2, 0.25) is 0 Å². The first-order valence-electron chi connectivity index (χ1n) is 4.69. The van der Waals surface area contributed by atoms with Gasteiger partial charge in [0.2, 0.25) is 0 Å². The minimum absolute atomic E-state index is 0.265. The molecule has 0 saturated heterocycles. The third-order valence-electron chi connectivity index (χ3n) is 1.93. The van der Waals surface area contributed by atoms with Crippen LogP contribution in [0.1, 0.15) is 0 Å². The van der Waals surface area contributed by atoms with Crippen molar-refractivity contribution in [1.29, 1.82) is 0 Å². The number of hydrogen-bond acceptors (Lipinski definition) is 5. The minimum atomic E-state index is 0.265. The Hall–Kier alpha value is -1.75. The van der Waals surface area contributed by atoms with Crippen LogP contribution in [0, 0.1) is 0 Å². The van der Waals surface area contributed by atoms with Crippen molar-refractivity contribution in [2.75, 3.05) is 12.0 Å². The van der Waals surface area contributed by atoms with Crippen molar-refractivity contribution in [2.24, 2.45) is 0 Å². The lowest BCUT2D eigenvalue weighted by Crippen LogP contribution is -1.96. The Morgan fingerprint density at radius 3 is 2.81 bits per heavy atom. The number of nitrogens with two attached hydrogens (primary N) is 1. The van der Waals surface area contributed by atoms with E-state index < -0.39 is 0 Å². The Morgan fingerprint density at radius 2 is 2.06 bits per heavy atom. The number of thioether (sulfide) groups is 1. The van der Waals surface area contributed by atoms with Crippen LogP contribution in [-0.2, 0) is 0 Å². The normalized spacial score (nSPS) is 10.1. The SMILES string of the molecule is CSc1ccccc1Oc1nccc(N)n1. The Labute approximate surface area is 97.9 Å². The molecule has 1 aromatic carbocycles. The van der Waals surface area contributed by atoms with Crippen LogP contribution in [0.25, 0.3) is 0 Å². The van der Waals surface area contributed by atoms with Crippen LogP contribution >= 0.6 is 11.8 Å². The van der Waals surface area contributed by atoms with Gasteiger partial charge in [-0.1, -0.05) is 12.1 Å². The molecular formula is C11H11N3OS. The van der Waals surface area contributed by atoms with E-state index in [2.05, 4.69) is 9.97 Å². The molecule has 0 saturated carbocycles. The van der Waals surface area contributed by atoms with E-state index in [1.54, 1.807) is 24.0 Å². The maximum absolute atomic E-state index is 5.56. The molecule has 0 amide bonds. The maximum Gasteiger partial charge on any atom is 0.323 e. The number of nitrogens with zero attached hydrogens (tertiary/aromatic N) is 2. The predicted molar refractivity (Wildman–Crippen MR) is 64.7 cm³/mol. The lowest BCUT2D eigenvalue weighted by molar-refractivity contribution is 0.433. The van der Waals surface area contributed by atoms with Gasteiger partial charge in [-0.15, -0.1) is 11.8 Å². The zero-order chi connectivity index (χ0) is 11.4. The second kappa shape index (κ2) is 4.85. The van der Waals surface area contributed by atoms with Crippen LogP contribution < -0.4 is 10.5 Å². The van der Waals surface area contributed by atoms with Crippen molar-refractivity contribution in [3.63, 3.8) is 0 Å². The van der Waals surface area contributed by atoms with Crippen molar-refractivity contribution < 1.29 is 4.74 Å². The molecule has 2 N–H and O–H groups in total. The second-order valence-electron chi connectivity index (χ2n) is 3.02. The summed E-state index contributed by atoms with van der Waals surface area (Å²) in [5.41, 5.74) is 5.55. The van der Waals surface area contributed by atoms with Gasteiger partial charge in [-0.2, -0.15) is 4.98 Å². The first kappa shape index (κ1) is 10.8. The molecule has 0 radical (unpaired) electrons. The fourth-order valence-corrected chi connectivity index (χ4v) is 1.73. The van der Waals surface area contributed by atoms with Gasteiger partial charge in [0.25, 0.3) is 0 Å². The Morgan fingerprint density at radius 1 is 1.25 bits per heavy atom. The molecule has 0 aliphatic rings. The van der Waals surface area contributed by atoms with Crippen molar-refractivity contribution in [3.05, 3.63) is 36.5 Å². The van der Waals surface area contributed by atoms with Gasteiger partial charge >= 0.3 is 6.01 Å². The maximum atomic E-state index is 5.56. The van der Waals surface area contributed by atoms with E-state index in [-0.39, 0.29) is 6.01 Å². The lowest BCUT2D eigenvalue weighted by Gasteiger charge is -2.07. The number of anilines is 1. The number of nitrogen functional groups attached to an aromatic ring is 1. The summed E-state index contributed by atoms with van der Waals surface area (Å²) in [6.45, 7) is 0. The summed E-state index contributed by atoms with van der Waals surface area (Å²) in [6.07, 6.45) is 3.56. The number of benzene rings is 1. The molecule has 2 rings (SSSR count). The first-order valence-corrected chi connectivity index (χ1v) is 5.91. The Bertz CT molecular complexity index is 490. The van der Waals surface area contributed by atoms with Crippen molar-refractivity contribution >= 4 is 17.6 Å². The summed E-state index contributed by atoms with van der Waals surface area (Å²) in [6, 6.07) is 9.60. The highest BCUT2D eigenvalue weighted by molar-refractivity contribution is 7.98. The van der Waals surface area contributed by atoms with Gasteiger partial charge < -0.3 is 10.5 Å². The summed E-state index contributed by atoms with van der Waals surface area (Å²) in [5, 5.41) is 0. The molecule has 1 heterocycles. The monoisotopic (exact) mass is 233 g/mol. The average Bonchev–Trinajstić information content (AvgIpc) is 2.30. The fourth-order valence-electron chi connectivity index (χ4n) is 1.20. The number of ether oxygens (including phenoxy) is 1. The molecule has 0 aliphatic heterocycles. The minimum Gasteiger partial charge on any atom is -0.423 e. The number of aromatic nitrogens is 2. The quantitative estimate of drug-likeness (QED) is 0.825. The smallest absolute Gasteiger partial charge is 0.323 e. The topological polar surface area (TPSA) is 61.0 Å². The molecule has 0 atom stereocenters. The molecular weight excluding hydrogens is 222 g/mol. The van der Waals surface area contributed by atoms with Gasteiger partial charge in [-0.05, 0) is 24.5 Å². The Balaban J connectivity index is 2.26. The number of para-hydroxylation sites is 1. The van der Waals surface area contributed by atoms with E-state index in [0.29, 0.717) is 5.82 Å². The van der Waals surface area contributed by atoms with Crippen LogP contribution in [-0.4, -0.2) is 16.2 Å². The van der Waals surface area contributed by atoms with E-state index >= 15 is 0 Å². The molecule has 0 unspecified atom stereocenters. The molecule has 0 bridgehead atoms. The van der Waals surface area contributed by atoms with E-state index in [4.69, 9.17) is 10.5 Å². The Kier molecular flexibility index (Phi) is 3.26. The fraction of sp³-hybridized carbons (Fsp3) is 0.0909. The standard InChI is InChI=1S/C11H11N3OS/c1-16-9-5-3-2-4-8(9)15-11-13-7-6-10(12)14-11/h2-7H,1H3,(H2,12,13,14). The summed E-state index contributed by atoms with van der Waals surface area (Å²) < 4.78 is 5.56. The third kappa shape index (κ3) is 2.43. The van der Waals surface area contributed by atoms with E-state index in [1.165, 1.54) is 0 Å². The summed E-state index contributed by atoms with van der Waals surface area (Å²) in [7, 11) is 0. The molecule has 0 aliphatic carbocycles. The molecule has 0 spiro atoms. The molecule has 4 nitrogen and oxygen atoms in total. The molecule has 82 valence electrons. The lowest BCUT2D eigenvalue weighted by atomic mass is 10.3. The van der Waals surface area contributed by atoms with Crippen LogP contribution in [0.5, 0.6) is 11.8 Å². The summed E-state index contributed by atoms with van der Waals surface area (Å²) in [5.74, 6) is 1.13. The van der Waals surface area contributed by atoms with Crippen molar-refractivity contribution in [1.82, 2.24) is 9.97 Å². The van der Waals surface area contributed by atoms with E-state index in [0.717, 1.165) is 10.6 Å². The van der Waals surface area contributed by atoms with Gasteiger partial charge in [0.1, 0.15) is 11.6 Å². The number of hydrogen-bond donors (Lipinski definition) is 1. The molecule has 5 heteroatoms. The van der Waals surface area contributed by atoms with Crippen molar-refractivity contribution in [2.45, 2.75) is 4.90 Å². The first-order chi connectivity index (χ1) is 7.79. The molecule has 0 fully saturated rings. The summed E-state index contributed by atoms with van der Waals surface area (Å²) in [4.78, 5) is 9.00. The van der Waals surface area contributed by atoms with Crippen LogP contribution in [0.3, 0.4) is 0 Å². The third-order valence-corrected chi connectivity index (χ3v) is 2.70. The zero-order valence-corrected chi connectivity index (χ0v) is 9.57. The van der Waals surface area contributed by atoms with Crippen molar-refractivity contribution in [3.8, 4) is 11.8 Å². The highest BCUT2D eigenvalue weighted by Crippen LogP contribution is 2.29. The highest BCUT2D eigenvalue weighted by atomic mass is 32.2. The molecule has 1 aromatic heterocycles. The second-order valence-corrected chi connectivity index (χ2v) is 3.87. The van der Waals surface area contributed by atoms with Gasteiger partial charge in [-0.3, -0.25) is 0 Å². The summed E-state index contributed by atoms with van der Waals surface area (Å²) >= 11 is 1.61. The predicted octanol–water partition coefficient (Wildman–Crippen LogP) is 2.57. The van der Waals surface area contributed by atoms with E-state index in [9.17, 15) is 0 Å². The van der Waals surface area contributed by atoms with E-state index in [1.807, 2.05) is 30.5 Å². The zero-order valence-electron chi connectivity index (χ0n) is 8.75. The number of rotatable bonds is 3. The van der Waals surface area contributed by atoms with Crippen LogP contribution in [0.4, 0.5) is 5.82 Å². The van der Waals surface area contributed by atoms with Gasteiger partial charge in [0.15, 0.2) is 0 Å². The average molecular weight is 233 g/mol. The van der Waals surface area contributed by atoms with Gasteiger partial charge in [-0.25, -0.2) is 4.98 Å². The largest absolute Gasteiger partial charge is 0.423 e. The molecule has 16 heavy (non-hydrogen) atoms. The molecule has 2 aromatic rings. The van der Waals surface area contributed by atoms with Crippen LogP contribution in [0.15, 0.2) is 41.4 Å². The van der Waals surface area contributed by atoms with Gasteiger partial charge in [0.05, 0.1) is 0 Å². The highest BCUT2D eigenvalue weighted by Gasteiger charge is 2.05. The van der Waals surface area contributed by atoms with Gasteiger partial charge in [0, 0.05) is 11.1 Å².